The SMILES string of the molecule is O=C(CCCC1CCN(c2cc(N3CCC3)nc(C(F)(F)F)n2)CC1)NCCCS(=O)(=O)O. The first kappa shape index (κ1) is 25.5. The number of hydrogen-bond donors (Lipinski definition) is 2. The lowest BCUT2D eigenvalue weighted by Gasteiger charge is -2.35. The van der Waals surface area contributed by atoms with E-state index >= 15 is 0 Å². The number of hydrogen-bond acceptors (Lipinski definition) is 7. The molecule has 3 rings (SSSR count). The zero-order valence-electron chi connectivity index (χ0n) is 18.4. The summed E-state index contributed by atoms with van der Waals surface area (Å²) in [5.74, 6) is -0.645. The predicted molar refractivity (Wildman–Crippen MR) is 117 cm³/mol. The molecular formula is C20H30F3N5O4S. The van der Waals surface area contributed by atoms with E-state index < -0.39 is 22.1 Å². The second-order valence-electron chi connectivity index (χ2n) is 8.56. The van der Waals surface area contributed by atoms with Gasteiger partial charge in [0.2, 0.25) is 11.7 Å². The second kappa shape index (κ2) is 10.9. The lowest BCUT2D eigenvalue weighted by atomic mass is 9.91. The fourth-order valence-corrected chi connectivity index (χ4v) is 4.50. The minimum atomic E-state index is -4.60. The van der Waals surface area contributed by atoms with Gasteiger partial charge in [-0.15, -0.1) is 0 Å². The molecule has 1 aromatic heterocycles. The Morgan fingerprint density at radius 2 is 1.70 bits per heavy atom. The molecule has 33 heavy (non-hydrogen) atoms. The Morgan fingerprint density at radius 1 is 1.09 bits per heavy atom. The first-order valence-corrected chi connectivity index (χ1v) is 12.8. The molecule has 186 valence electrons. The van der Waals surface area contributed by atoms with Gasteiger partial charge in [0, 0.05) is 45.2 Å². The summed E-state index contributed by atoms with van der Waals surface area (Å²) in [6, 6.07) is 1.64. The number of alkyl halides is 3. The summed E-state index contributed by atoms with van der Waals surface area (Å²) < 4.78 is 69.8. The number of aromatic nitrogens is 2. The van der Waals surface area contributed by atoms with Crippen molar-refractivity contribution in [3.05, 3.63) is 11.9 Å². The maximum Gasteiger partial charge on any atom is 0.451 e. The summed E-state index contributed by atoms with van der Waals surface area (Å²) in [6.45, 7) is 2.78. The lowest BCUT2D eigenvalue weighted by molar-refractivity contribution is -0.144. The third-order valence-electron chi connectivity index (χ3n) is 5.99. The van der Waals surface area contributed by atoms with Gasteiger partial charge in [-0.1, -0.05) is 0 Å². The van der Waals surface area contributed by atoms with Crippen LogP contribution in [0.15, 0.2) is 6.07 Å². The highest BCUT2D eigenvalue weighted by atomic mass is 32.2. The number of piperidine rings is 1. The molecule has 0 atom stereocenters. The van der Waals surface area contributed by atoms with E-state index in [0.29, 0.717) is 56.6 Å². The Labute approximate surface area is 191 Å². The van der Waals surface area contributed by atoms with Crippen molar-refractivity contribution in [3.63, 3.8) is 0 Å². The Hall–Kier alpha value is -2.15. The van der Waals surface area contributed by atoms with Crippen LogP contribution in [0.2, 0.25) is 0 Å². The molecule has 1 aromatic rings. The number of anilines is 2. The highest BCUT2D eigenvalue weighted by Gasteiger charge is 2.37. The van der Waals surface area contributed by atoms with E-state index in [-0.39, 0.29) is 24.6 Å². The van der Waals surface area contributed by atoms with Crippen molar-refractivity contribution < 1.29 is 30.9 Å². The van der Waals surface area contributed by atoms with Gasteiger partial charge < -0.3 is 15.1 Å². The molecule has 2 aliphatic heterocycles. The van der Waals surface area contributed by atoms with Crippen molar-refractivity contribution in [2.75, 3.05) is 48.3 Å². The number of carbonyl (C=O) groups excluding carboxylic acids is 1. The quantitative estimate of drug-likeness (QED) is 0.377. The normalized spacial score (nSPS) is 17.7. The summed E-state index contributed by atoms with van der Waals surface area (Å²) in [5, 5.41) is 2.63. The van der Waals surface area contributed by atoms with E-state index in [2.05, 4.69) is 15.3 Å². The number of nitrogens with one attached hydrogen (secondary N) is 1. The third-order valence-corrected chi connectivity index (χ3v) is 6.79. The summed E-state index contributed by atoms with van der Waals surface area (Å²) >= 11 is 0. The molecule has 0 radical (unpaired) electrons. The van der Waals surface area contributed by atoms with E-state index in [4.69, 9.17) is 4.55 Å². The Bertz CT molecular complexity index is 917. The van der Waals surface area contributed by atoms with Crippen LogP contribution in [0.1, 0.15) is 50.8 Å². The zero-order chi connectivity index (χ0) is 24.1. The van der Waals surface area contributed by atoms with Crippen LogP contribution in [-0.4, -0.2) is 67.3 Å². The summed E-state index contributed by atoms with van der Waals surface area (Å²) in [4.78, 5) is 23.0. The molecule has 0 spiro atoms. The fraction of sp³-hybridized carbons (Fsp3) is 0.750. The molecule has 13 heteroatoms. The highest BCUT2D eigenvalue weighted by Crippen LogP contribution is 2.33. The van der Waals surface area contributed by atoms with Crippen LogP contribution < -0.4 is 15.1 Å². The monoisotopic (exact) mass is 493 g/mol. The molecule has 2 aliphatic rings. The minimum Gasteiger partial charge on any atom is -0.356 e. The molecule has 0 aromatic carbocycles. The first-order chi connectivity index (χ1) is 15.5. The van der Waals surface area contributed by atoms with Crippen molar-refractivity contribution in [2.24, 2.45) is 5.92 Å². The third kappa shape index (κ3) is 7.98. The Kier molecular flexibility index (Phi) is 8.38. The smallest absolute Gasteiger partial charge is 0.356 e. The van der Waals surface area contributed by atoms with Gasteiger partial charge in [-0.05, 0) is 44.4 Å². The standard InChI is InChI=1S/C20H30F3N5O4S/c21-20(22,23)19-25-16(27-9-3-10-27)14-17(26-19)28-11-6-15(7-12-28)4-1-5-18(29)24-8-2-13-33(30,31)32/h14-15H,1-13H2,(H,24,29)(H,30,31,32). The Morgan fingerprint density at radius 3 is 2.21 bits per heavy atom. The zero-order valence-corrected chi connectivity index (χ0v) is 19.2. The van der Waals surface area contributed by atoms with Gasteiger partial charge in [0.25, 0.3) is 10.1 Å². The minimum absolute atomic E-state index is 0.154. The molecule has 2 saturated heterocycles. The summed E-state index contributed by atoms with van der Waals surface area (Å²) in [6.07, 6.45) is -0.0490. The van der Waals surface area contributed by atoms with Crippen molar-refractivity contribution >= 4 is 27.7 Å². The topological polar surface area (TPSA) is 116 Å². The van der Waals surface area contributed by atoms with E-state index in [1.54, 1.807) is 6.07 Å². The van der Waals surface area contributed by atoms with E-state index in [1.165, 1.54) is 0 Å². The lowest BCUT2D eigenvalue weighted by Crippen LogP contribution is -2.39. The number of amides is 1. The molecule has 0 saturated carbocycles. The average Bonchev–Trinajstić information content (AvgIpc) is 2.69. The van der Waals surface area contributed by atoms with Crippen molar-refractivity contribution in [2.45, 2.75) is 51.1 Å². The van der Waals surface area contributed by atoms with Crippen LogP contribution in [-0.2, 0) is 21.1 Å². The van der Waals surface area contributed by atoms with Gasteiger partial charge >= 0.3 is 6.18 Å². The van der Waals surface area contributed by atoms with Crippen LogP contribution >= 0.6 is 0 Å². The summed E-state index contributed by atoms with van der Waals surface area (Å²) in [5.41, 5.74) is 0. The number of carbonyl (C=O) groups is 1. The highest BCUT2D eigenvalue weighted by molar-refractivity contribution is 7.85. The van der Waals surface area contributed by atoms with Gasteiger partial charge in [-0.25, -0.2) is 9.97 Å². The van der Waals surface area contributed by atoms with Crippen LogP contribution in [0.3, 0.4) is 0 Å². The van der Waals surface area contributed by atoms with E-state index in [9.17, 15) is 26.4 Å². The maximum absolute atomic E-state index is 13.3. The van der Waals surface area contributed by atoms with Crippen LogP contribution in [0.25, 0.3) is 0 Å². The van der Waals surface area contributed by atoms with Crippen LogP contribution in [0, 0.1) is 5.92 Å². The molecule has 0 aliphatic carbocycles. The molecule has 1 amide bonds. The van der Waals surface area contributed by atoms with Crippen LogP contribution in [0.4, 0.5) is 24.8 Å². The molecule has 3 heterocycles. The molecule has 2 fully saturated rings. The van der Waals surface area contributed by atoms with E-state index in [1.807, 2.05) is 9.80 Å². The largest absolute Gasteiger partial charge is 0.451 e. The predicted octanol–water partition coefficient (Wildman–Crippen LogP) is 2.49. The fourth-order valence-electron chi connectivity index (χ4n) is 3.99. The van der Waals surface area contributed by atoms with Gasteiger partial charge in [-0.3, -0.25) is 9.35 Å². The molecule has 9 nitrogen and oxygen atoms in total. The molecule has 0 bridgehead atoms. The van der Waals surface area contributed by atoms with Crippen molar-refractivity contribution in [1.82, 2.24) is 15.3 Å². The second-order valence-corrected chi connectivity index (χ2v) is 10.1. The summed E-state index contributed by atoms with van der Waals surface area (Å²) in [7, 11) is -4.01. The number of halogens is 3. The molecule has 0 unspecified atom stereocenters. The molecule has 2 N–H and O–H groups in total. The number of rotatable bonds is 10. The Balaban J connectivity index is 1.43. The van der Waals surface area contributed by atoms with Crippen LogP contribution in [0.5, 0.6) is 0 Å². The van der Waals surface area contributed by atoms with Crippen molar-refractivity contribution in [3.8, 4) is 0 Å². The van der Waals surface area contributed by atoms with Gasteiger partial charge in [0.05, 0.1) is 5.75 Å². The average molecular weight is 494 g/mol. The van der Waals surface area contributed by atoms with E-state index in [0.717, 1.165) is 25.7 Å². The van der Waals surface area contributed by atoms with Gasteiger partial charge in [-0.2, -0.15) is 21.6 Å². The first-order valence-electron chi connectivity index (χ1n) is 11.2. The van der Waals surface area contributed by atoms with Gasteiger partial charge in [0.15, 0.2) is 0 Å². The number of nitrogens with zero attached hydrogens (tertiary/aromatic N) is 4. The van der Waals surface area contributed by atoms with Crippen molar-refractivity contribution in [1.29, 1.82) is 0 Å². The maximum atomic E-state index is 13.3. The van der Waals surface area contributed by atoms with Gasteiger partial charge in [0.1, 0.15) is 11.6 Å². The molecular weight excluding hydrogens is 463 g/mol.